The Labute approximate surface area is 101 Å². The lowest BCUT2D eigenvalue weighted by molar-refractivity contribution is 0.103. The number of hydrogen-bond donors (Lipinski definition) is 0. The fourth-order valence-corrected chi connectivity index (χ4v) is 1.85. The van der Waals surface area contributed by atoms with E-state index in [1.807, 2.05) is 49.4 Å². The van der Waals surface area contributed by atoms with Gasteiger partial charge in [-0.1, -0.05) is 42.5 Å². The number of benzene rings is 2. The van der Waals surface area contributed by atoms with Crippen LogP contribution in [0.5, 0.6) is 5.75 Å². The zero-order chi connectivity index (χ0) is 12.3. The van der Waals surface area contributed by atoms with Crippen LogP contribution in [0, 0.1) is 6.92 Å². The summed E-state index contributed by atoms with van der Waals surface area (Å²) in [6.07, 6.45) is 0. The Kier molecular flexibility index (Phi) is 3.24. The summed E-state index contributed by atoms with van der Waals surface area (Å²) in [7, 11) is 1.59. The third-order valence-electron chi connectivity index (χ3n) is 2.70. The summed E-state index contributed by atoms with van der Waals surface area (Å²) in [6.45, 7) is 1.93. The molecule has 2 aromatic rings. The summed E-state index contributed by atoms with van der Waals surface area (Å²) in [5, 5.41) is 0. The van der Waals surface area contributed by atoms with E-state index in [0.29, 0.717) is 16.9 Å². The Balaban J connectivity index is 2.48. The summed E-state index contributed by atoms with van der Waals surface area (Å²) in [4.78, 5) is 12.3. The van der Waals surface area contributed by atoms with E-state index < -0.39 is 0 Å². The van der Waals surface area contributed by atoms with Crippen LogP contribution in [0.2, 0.25) is 0 Å². The molecule has 2 nitrogen and oxygen atoms in total. The molecule has 0 bridgehead atoms. The molecule has 0 N–H and O–H groups in total. The maximum absolute atomic E-state index is 12.3. The Morgan fingerprint density at radius 3 is 2.35 bits per heavy atom. The van der Waals surface area contributed by atoms with Gasteiger partial charge in [0.2, 0.25) is 0 Å². The number of hydrogen-bond acceptors (Lipinski definition) is 2. The normalized spacial score (nSPS) is 10.0. The fraction of sp³-hybridized carbons (Fsp3) is 0.133. The number of para-hydroxylation sites is 1. The smallest absolute Gasteiger partial charge is 0.196 e. The van der Waals surface area contributed by atoms with Crippen molar-refractivity contribution in [3.05, 3.63) is 65.2 Å². The molecule has 0 amide bonds. The predicted octanol–water partition coefficient (Wildman–Crippen LogP) is 3.23. The van der Waals surface area contributed by atoms with E-state index in [-0.39, 0.29) is 5.78 Å². The van der Waals surface area contributed by atoms with Crippen molar-refractivity contribution in [1.82, 2.24) is 0 Å². The molecule has 2 aromatic carbocycles. The highest BCUT2D eigenvalue weighted by Crippen LogP contribution is 2.25. The molecular weight excluding hydrogens is 212 g/mol. The van der Waals surface area contributed by atoms with Crippen molar-refractivity contribution in [2.24, 2.45) is 0 Å². The van der Waals surface area contributed by atoms with E-state index in [1.165, 1.54) is 0 Å². The maximum atomic E-state index is 12.3. The van der Waals surface area contributed by atoms with Crippen LogP contribution in [0.1, 0.15) is 21.5 Å². The zero-order valence-corrected chi connectivity index (χ0v) is 9.94. The molecule has 2 rings (SSSR count). The molecule has 0 fully saturated rings. The molecule has 17 heavy (non-hydrogen) atoms. The SMILES string of the molecule is COc1c(C)cccc1C(=O)c1ccccc1. The van der Waals surface area contributed by atoms with Crippen LogP contribution in [-0.2, 0) is 0 Å². The van der Waals surface area contributed by atoms with E-state index in [9.17, 15) is 4.79 Å². The van der Waals surface area contributed by atoms with E-state index in [1.54, 1.807) is 13.2 Å². The molecule has 0 atom stereocenters. The lowest BCUT2D eigenvalue weighted by atomic mass is 10.0. The van der Waals surface area contributed by atoms with Crippen molar-refractivity contribution in [2.75, 3.05) is 7.11 Å². The second-order valence-electron chi connectivity index (χ2n) is 3.85. The Hall–Kier alpha value is -2.09. The largest absolute Gasteiger partial charge is 0.496 e. The molecule has 0 saturated heterocycles. The highest BCUT2D eigenvalue weighted by atomic mass is 16.5. The maximum Gasteiger partial charge on any atom is 0.196 e. The molecule has 0 aliphatic rings. The molecule has 0 spiro atoms. The second-order valence-corrected chi connectivity index (χ2v) is 3.85. The summed E-state index contributed by atoms with van der Waals surface area (Å²) in [5.41, 5.74) is 2.25. The van der Waals surface area contributed by atoms with Crippen molar-refractivity contribution < 1.29 is 9.53 Å². The van der Waals surface area contributed by atoms with Crippen molar-refractivity contribution in [1.29, 1.82) is 0 Å². The first kappa shape index (κ1) is 11.4. The second kappa shape index (κ2) is 4.83. The number of aryl methyl sites for hydroxylation is 1. The van der Waals surface area contributed by atoms with Gasteiger partial charge in [0.1, 0.15) is 5.75 Å². The van der Waals surface area contributed by atoms with Gasteiger partial charge in [-0.05, 0) is 18.6 Å². The standard InChI is InChI=1S/C15H14O2/c1-11-7-6-10-13(15(11)17-2)14(16)12-8-4-3-5-9-12/h3-10H,1-2H3. The zero-order valence-electron chi connectivity index (χ0n) is 9.94. The molecule has 0 aromatic heterocycles. The molecular formula is C15H14O2. The van der Waals surface area contributed by atoms with Crippen LogP contribution in [0.25, 0.3) is 0 Å². The summed E-state index contributed by atoms with van der Waals surface area (Å²) in [5.74, 6) is 0.646. The number of ether oxygens (including phenoxy) is 1. The Morgan fingerprint density at radius 2 is 1.71 bits per heavy atom. The molecule has 86 valence electrons. The number of rotatable bonds is 3. The molecule has 0 unspecified atom stereocenters. The first-order valence-electron chi connectivity index (χ1n) is 5.47. The van der Waals surface area contributed by atoms with Gasteiger partial charge in [0.25, 0.3) is 0 Å². The summed E-state index contributed by atoms with van der Waals surface area (Å²) < 4.78 is 5.30. The predicted molar refractivity (Wildman–Crippen MR) is 67.6 cm³/mol. The van der Waals surface area contributed by atoms with Crippen molar-refractivity contribution >= 4 is 5.78 Å². The average molecular weight is 226 g/mol. The highest BCUT2D eigenvalue weighted by Gasteiger charge is 2.15. The number of carbonyl (C=O) groups excluding carboxylic acids is 1. The van der Waals surface area contributed by atoms with Gasteiger partial charge < -0.3 is 4.74 Å². The Morgan fingerprint density at radius 1 is 1.00 bits per heavy atom. The van der Waals surface area contributed by atoms with Crippen LogP contribution in [0.15, 0.2) is 48.5 Å². The number of methoxy groups -OCH3 is 1. The van der Waals surface area contributed by atoms with Crippen molar-refractivity contribution in [2.45, 2.75) is 6.92 Å². The topological polar surface area (TPSA) is 26.3 Å². The van der Waals surface area contributed by atoms with E-state index in [4.69, 9.17) is 4.74 Å². The van der Waals surface area contributed by atoms with Gasteiger partial charge in [-0.3, -0.25) is 4.79 Å². The first-order chi connectivity index (χ1) is 8.24. The average Bonchev–Trinajstić information content (AvgIpc) is 2.38. The fourth-order valence-electron chi connectivity index (χ4n) is 1.85. The van der Waals surface area contributed by atoms with Gasteiger partial charge in [0.05, 0.1) is 12.7 Å². The minimum absolute atomic E-state index is 0.00819. The van der Waals surface area contributed by atoms with Gasteiger partial charge in [-0.2, -0.15) is 0 Å². The minimum Gasteiger partial charge on any atom is -0.496 e. The number of carbonyl (C=O) groups is 1. The van der Waals surface area contributed by atoms with E-state index in [0.717, 1.165) is 5.56 Å². The lowest BCUT2D eigenvalue weighted by Crippen LogP contribution is -2.04. The van der Waals surface area contributed by atoms with Crippen LogP contribution in [0.3, 0.4) is 0 Å². The van der Waals surface area contributed by atoms with Crippen LogP contribution >= 0.6 is 0 Å². The van der Waals surface area contributed by atoms with E-state index in [2.05, 4.69) is 0 Å². The quantitative estimate of drug-likeness (QED) is 0.751. The molecule has 0 aliphatic heterocycles. The molecule has 0 heterocycles. The molecule has 2 heteroatoms. The molecule has 0 saturated carbocycles. The van der Waals surface area contributed by atoms with E-state index >= 15 is 0 Å². The lowest BCUT2D eigenvalue weighted by Gasteiger charge is -2.10. The van der Waals surface area contributed by atoms with Crippen LogP contribution < -0.4 is 4.74 Å². The third kappa shape index (κ3) is 2.21. The van der Waals surface area contributed by atoms with Crippen molar-refractivity contribution in [3.63, 3.8) is 0 Å². The van der Waals surface area contributed by atoms with Gasteiger partial charge in [-0.25, -0.2) is 0 Å². The van der Waals surface area contributed by atoms with Gasteiger partial charge >= 0.3 is 0 Å². The minimum atomic E-state index is -0.00819. The molecule has 0 aliphatic carbocycles. The number of ketones is 1. The first-order valence-corrected chi connectivity index (χ1v) is 5.47. The van der Waals surface area contributed by atoms with Gasteiger partial charge in [0.15, 0.2) is 5.78 Å². The van der Waals surface area contributed by atoms with Crippen LogP contribution in [0.4, 0.5) is 0 Å². The Bertz CT molecular complexity index is 530. The third-order valence-corrected chi connectivity index (χ3v) is 2.70. The van der Waals surface area contributed by atoms with Crippen LogP contribution in [-0.4, -0.2) is 12.9 Å². The van der Waals surface area contributed by atoms with Gasteiger partial charge in [-0.15, -0.1) is 0 Å². The molecule has 0 radical (unpaired) electrons. The summed E-state index contributed by atoms with van der Waals surface area (Å²) in [6, 6.07) is 14.8. The monoisotopic (exact) mass is 226 g/mol. The summed E-state index contributed by atoms with van der Waals surface area (Å²) >= 11 is 0. The van der Waals surface area contributed by atoms with Crippen molar-refractivity contribution in [3.8, 4) is 5.75 Å². The van der Waals surface area contributed by atoms with Gasteiger partial charge in [0, 0.05) is 5.56 Å². The highest BCUT2D eigenvalue weighted by molar-refractivity contribution is 6.10.